The zero-order chi connectivity index (χ0) is 70.8. The number of hydrogen-bond acceptors (Lipinski definition) is 25. The number of aliphatic hydroxyl groups is 1. The highest BCUT2D eigenvalue weighted by Crippen LogP contribution is 2.53. The molecule has 1 aromatic heterocycles. The molecule has 3 aromatic carbocycles. The van der Waals surface area contributed by atoms with E-state index in [9.17, 15) is 53.7 Å². The van der Waals surface area contributed by atoms with Gasteiger partial charge in [-0.2, -0.15) is 0 Å². The number of hydrogen-bond donors (Lipinski definition) is 9. The van der Waals surface area contributed by atoms with Crippen LogP contribution in [-0.4, -0.2) is 212 Å². The molecular weight excluding hydrogens is 1340 g/mol. The summed E-state index contributed by atoms with van der Waals surface area (Å²) in [4.78, 5) is 122. The van der Waals surface area contributed by atoms with Crippen LogP contribution < -0.4 is 37.3 Å². The monoisotopic (exact) mass is 1420 g/mol. The van der Waals surface area contributed by atoms with Crippen molar-refractivity contribution in [3.63, 3.8) is 0 Å². The van der Waals surface area contributed by atoms with Crippen LogP contribution in [0.5, 0.6) is 17.2 Å². The largest absolute Gasteiger partial charge is 0.507 e. The Labute approximate surface area is 584 Å². The van der Waals surface area contributed by atoms with Gasteiger partial charge in [0, 0.05) is 95.0 Å². The van der Waals surface area contributed by atoms with Gasteiger partial charge in [0.2, 0.25) is 29.4 Å². The number of thioether (sulfide) groups is 2. The average molecular weight is 1420 g/mol. The highest BCUT2D eigenvalue weighted by Gasteiger charge is 2.64. The van der Waals surface area contributed by atoms with E-state index < -0.39 is 125 Å². The molecule has 7 aliphatic rings. The lowest BCUT2D eigenvalue weighted by Gasteiger charge is -2.46. The quantitative estimate of drug-likeness (QED) is 0.0197. The fraction of sp³-hybridized carbons (Fsp3) is 0.478. The van der Waals surface area contributed by atoms with Crippen LogP contribution in [0.4, 0.5) is 0 Å². The van der Waals surface area contributed by atoms with Gasteiger partial charge in [0.05, 0.1) is 136 Å². The third kappa shape index (κ3) is 16.7. The Morgan fingerprint density at radius 1 is 0.790 bits per heavy atom. The van der Waals surface area contributed by atoms with Gasteiger partial charge in [0.15, 0.2) is 17.9 Å². The summed E-state index contributed by atoms with van der Waals surface area (Å²) in [6.07, 6.45) is 7.37. The molecule has 100 heavy (non-hydrogen) atoms. The van der Waals surface area contributed by atoms with Crippen LogP contribution in [0.2, 0.25) is 0 Å². The van der Waals surface area contributed by atoms with Crippen LogP contribution in [-0.2, 0) is 79.8 Å². The first-order valence-corrected chi connectivity index (χ1v) is 34.9. The predicted molar refractivity (Wildman–Crippen MR) is 361 cm³/mol. The summed E-state index contributed by atoms with van der Waals surface area (Å²) in [6.45, 7) is 5.63. The molecule has 4 heterocycles. The highest BCUT2D eigenvalue weighted by molar-refractivity contribution is 8.06. The van der Waals surface area contributed by atoms with E-state index in [0.717, 1.165) is 16.9 Å². The molecule has 4 aliphatic carbocycles. The van der Waals surface area contributed by atoms with Crippen LogP contribution in [0.1, 0.15) is 117 Å². The Hall–Kier alpha value is -8.18. The fourth-order valence-electron chi connectivity index (χ4n) is 13.0. The molecule has 1 saturated carbocycles. The van der Waals surface area contributed by atoms with Crippen LogP contribution >= 0.6 is 23.5 Å². The molecule has 3 aliphatic heterocycles. The number of amides is 6. The number of hydrazine groups is 1. The number of aromatic nitrogens is 2. The van der Waals surface area contributed by atoms with E-state index in [1.807, 2.05) is 30.4 Å². The summed E-state index contributed by atoms with van der Waals surface area (Å²) in [5, 5.41) is 43.5. The summed E-state index contributed by atoms with van der Waals surface area (Å²) in [5.41, 5.74) is 12.4. The summed E-state index contributed by atoms with van der Waals surface area (Å²) in [7, 11) is 2.87. The van der Waals surface area contributed by atoms with E-state index >= 15 is 0 Å². The minimum atomic E-state index is -1.50. The number of allylic oxidation sites excluding steroid dienone is 6. The number of benzene rings is 3. The molecule has 3 fully saturated rings. The lowest BCUT2D eigenvalue weighted by Crippen LogP contribution is -2.59. The molecule has 534 valence electrons. The van der Waals surface area contributed by atoms with Crippen LogP contribution in [0, 0.1) is 5.92 Å². The molecule has 0 bridgehead atoms. The highest BCUT2D eigenvalue weighted by atomic mass is 32.2. The van der Waals surface area contributed by atoms with Gasteiger partial charge in [-0.05, 0) is 63.1 Å². The second-order valence-corrected chi connectivity index (χ2v) is 26.7. The molecule has 6 amide bonds. The summed E-state index contributed by atoms with van der Waals surface area (Å²) in [6, 6.07) is 6.11. The molecule has 31 heteroatoms. The Kier molecular flexibility index (Phi) is 24.2. The average Bonchev–Trinajstić information content (AvgIpc) is 1.05. The number of ketones is 2. The number of methoxy groups -OCH3 is 2. The lowest BCUT2D eigenvalue weighted by molar-refractivity contribution is -0.264. The summed E-state index contributed by atoms with van der Waals surface area (Å²) >= 11 is 3.45. The number of fused-ring (bicyclic) bond motifs is 6. The number of phenols is 2. The van der Waals surface area contributed by atoms with Crippen molar-refractivity contribution in [2.75, 3.05) is 86.8 Å². The van der Waals surface area contributed by atoms with Crippen LogP contribution in [0.15, 0.2) is 82.7 Å². The Morgan fingerprint density at radius 3 is 2.14 bits per heavy atom. The van der Waals surface area contributed by atoms with Crippen molar-refractivity contribution < 1.29 is 96.3 Å². The standard InChI is InChI=1S/C69H81N9O20S2/c1-36(72-68(89)44(31-53(70)79)75-54(80)16-19-92-22-24-94-26-27-95-25-23-93-20-17-71-66(87)38-14-15-42-43(29-38)74-46-35-100-51-13-8-6-5-7-12-50(51)99-34-45(46)73-42)65(86)76-77-67(88)39-28-41-57(64(85)59-58(62(41)83)61(82)40-10-9-11-48(90-3)56(40)63(59)84)49(30-39)98-55-32-47(60(81)37(2)97-55)78-18-21-96-69(91-4)33-52(69)78/h5-15,29,36-37,39,44,47,49,52,55,60,81,83,85H,16-28,30-35H2,1-4H3,(H2,70,79)(H,71,87)(H,72,89)(H,75,80)(H,76,86)(H,77,88)/b6-5+,7-5?,8-6?,12-7-,13-8-,50-12?,51-13?,51-50+/t36-,37-,39?,44-,47-,49-,52+,55-,60+,69-/m0/s1. The number of nitrogens with two attached hydrogens (primary N) is 1. The van der Waals surface area contributed by atoms with Gasteiger partial charge in [-0.15, -0.1) is 23.5 Å². The topological polar surface area (TPSA) is 396 Å². The van der Waals surface area contributed by atoms with Crippen molar-refractivity contribution in [2.45, 2.75) is 118 Å². The van der Waals surface area contributed by atoms with Crippen molar-refractivity contribution in [3.8, 4) is 17.2 Å². The van der Waals surface area contributed by atoms with Crippen molar-refractivity contribution in [3.05, 3.63) is 133 Å². The number of ether oxygens (including phenoxy) is 9. The van der Waals surface area contributed by atoms with Crippen LogP contribution in [0.25, 0.3) is 11.0 Å². The fourth-order valence-corrected chi connectivity index (χ4v) is 15.2. The van der Waals surface area contributed by atoms with E-state index in [2.05, 4.69) is 43.9 Å². The number of carbonyl (C=O) groups excluding carboxylic acids is 8. The Balaban J connectivity index is 0.591. The Morgan fingerprint density at radius 2 is 1.46 bits per heavy atom. The number of rotatable bonds is 28. The van der Waals surface area contributed by atoms with Crippen molar-refractivity contribution in [2.24, 2.45) is 11.7 Å². The minimum absolute atomic E-state index is 0.0604. The normalized spacial score (nSPS) is 25.2. The summed E-state index contributed by atoms with van der Waals surface area (Å²) in [5.74, 6) is -8.06. The number of primary amides is 1. The maximum Gasteiger partial charge on any atom is 0.260 e. The van der Waals surface area contributed by atoms with Gasteiger partial charge in [-0.25, -0.2) is 9.97 Å². The first-order valence-electron chi connectivity index (χ1n) is 33.0. The molecule has 0 radical (unpaired) electrons. The molecule has 29 nitrogen and oxygen atoms in total. The van der Waals surface area contributed by atoms with Gasteiger partial charge in [-0.3, -0.25) is 54.1 Å². The zero-order valence-corrected chi connectivity index (χ0v) is 57.2. The first-order chi connectivity index (χ1) is 48.3. The molecule has 4 aromatic rings. The Bertz CT molecular complexity index is 3940. The molecular formula is C69H81N9O20S2. The molecule has 0 spiro atoms. The van der Waals surface area contributed by atoms with E-state index in [1.165, 1.54) is 42.0 Å². The molecule has 11 rings (SSSR count). The van der Waals surface area contributed by atoms with E-state index in [4.69, 9.17) is 58.3 Å². The van der Waals surface area contributed by atoms with Gasteiger partial charge in [0.1, 0.15) is 29.3 Å². The van der Waals surface area contributed by atoms with Crippen molar-refractivity contribution >= 4 is 81.6 Å². The van der Waals surface area contributed by atoms with E-state index in [0.29, 0.717) is 55.4 Å². The van der Waals surface area contributed by atoms with Gasteiger partial charge in [0.25, 0.3) is 11.8 Å². The van der Waals surface area contributed by atoms with Crippen molar-refractivity contribution in [1.82, 2.24) is 41.7 Å². The second-order valence-electron chi connectivity index (χ2n) is 24.7. The minimum Gasteiger partial charge on any atom is -0.507 e. The van der Waals surface area contributed by atoms with Crippen molar-refractivity contribution in [1.29, 1.82) is 0 Å². The third-order valence-electron chi connectivity index (χ3n) is 18.2. The third-order valence-corrected chi connectivity index (χ3v) is 20.5. The van der Waals surface area contributed by atoms with E-state index in [1.54, 1.807) is 49.7 Å². The number of aromatic hydroxyl groups is 2. The number of nitrogens with zero attached hydrogens (tertiary/aromatic N) is 3. The van der Waals surface area contributed by atoms with Gasteiger partial charge < -0.3 is 79.6 Å². The molecule has 2 saturated heterocycles. The number of morpholine rings is 1. The smallest absolute Gasteiger partial charge is 0.260 e. The molecule has 10 N–H and O–H groups in total. The van der Waals surface area contributed by atoms with Gasteiger partial charge in [-0.1, -0.05) is 36.4 Å². The zero-order valence-electron chi connectivity index (χ0n) is 55.6. The maximum atomic E-state index is 14.3. The van der Waals surface area contributed by atoms with E-state index in [-0.39, 0.29) is 112 Å². The lowest BCUT2D eigenvalue weighted by atomic mass is 9.74. The predicted octanol–water partition coefficient (Wildman–Crippen LogP) is 3.03. The SMILES string of the molecule is COc1cccc2c1C(=O)c1c(O)c3c(c(O)c1C2=O)CC(C(=O)NNC(=O)[C@H](C)NC(=O)[C@H](CC(N)=O)NC(=O)CCOCCOCCOCCOCCNC(=O)c1ccc2nc4c(nc2c1)CSC1=C(\C=C/C=C/C=C\1)SC4)C[C@@H]3O[C@H]1C[C@H](N2CCO[C@@]3(OC)C[C@@H]23)[C@H](O)[C@H](C)O1. The first kappa shape index (κ1) is 73.1. The van der Waals surface area contributed by atoms with Crippen LogP contribution in [0.3, 0.4) is 0 Å². The molecule has 10 atom stereocenters. The van der Waals surface area contributed by atoms with Gasteiger partial charge >= 0.3 is 0 Å². The summed E-state index contributed by atoms with van der Waals surface area (Å²) < 4.78 is 52.1. The second kappa shape index (κ2) is 33.1. The molecule has 1 unspecified atom stereocenters. The number of phenolic OH excluding ortho intramolecular Hbond substituents is 2. The maximum absolute atomic E-state index is 14.3. The number of carbonyl (C=O) groups is 8. The number of aliphatic hydroxyl groups excluding tert-OH is 1. The number of nitrogens with one attached hydrogen (secondary N) is 5.